The van der Waals surface area contributed by atoms with E-state index in [2.05, 4.69) is 10.6 Å². The van der Waals surface area contributed by atoms with E-state index in [1.54, 1.807) is 19.1 Å². The number of aliphatic hydroxyl groups excluding tert-OH is 1. The van der Waals surface area contributed by atoms with Gasteiger partial charge in [-0.3, -0.25) is 0 Å². The highest BCUT2D eigenvalue weighted by atomic mass is 19.1. The Bertz CT molecular complexity index is 461. The van der Waals surface area contributed by atoms with Crippen molar-refractivity contribution in [2.24, 2.45) is 5.41 Å². The van der Waals surface area contributed by atoms with Crippen LogP contribution in [0.3, 0.4) is 0 Å². The first-order chi connectivity index (χ1) is 9.34. The zero-order chi connectivity index (χ0) is 15.2. The Morgan fingerprint density at radius 2 is 2.10 bits per heavy atom. The van der Waals surface area contributed by atoms with Crippen LogP contribution in [0.5, 0.6) is 0 Å². The van der Waals surface area contributed by atoms with Crippen LogP contribution in [0.25, 0.3) is 0 Å². The topological polar surface area (TPSA) is 61.4 Å². The van der Waals surface area contributed by atoms with Gasteiger partial charge in [-0.1, -0.05) is 19.9 Å². The van der Waals surface area contributed by atoms with Gasteiger partial charge in [0.15, 0.2) is 0 Å². The van der Waals surface area contributed by atoms with Crippen LogP contribution in [-0.2, 0) is 0 Å². The van der Waals surface area contributed by atoms with Gasteiger partial charge in [0, 0.05) is 13.2 Å². The number of aliphatic hydroxyl groups is 1. The van der Waals surface area contributed by atoms with Crippen molar-refractivity contribution in [2.45, 2.75) is 33.6 Å². The van der Waals surface area contributed by atoms with Gasteiger partial charge in [-0.05, 0) is 42.9 Å². The van der Waals surface area contributed by atoms with Gasteiger partial charge >= 0.3 is 6.03 Å². The van der Waals surface area contributed by atoms with Gasteiger partial charge in [0.05, 0.1) is 5.69 Å². The van der Waals surface area contributed by atoms with Crippen LogP contribution in [0.2, 0.25) is 0 Å². The summed E-state index contributed by atoms with van der Waals surface area (Å²) in [5.41, 5.74) is 0.838. The minimum absolute atomic E-state index is 0.119. The van der Waals surface area contributed by atoms with E-state index >= 15 is 0 Å². The monoisotopic (exact) mass is 282 g/mol. The second kappa shape index (κ2) is 7.24. The fourth-order valence-electron chi connectivity index (χ4n) is 1.74. The lowest BCUT2D eigenvalue weighted by Gasteiger charge is -2.21. The summed E-state index contributed by atoms with van der Waals surface area (Å²) in [7, 11) is 0. The van der Waals surface area contributed by atoms with Crippen molar-refractivity contribution in [3.8, 4) is 0 Å². The Labute approximate surface area is 119 Å². The minimum Gasteiger partial charge on any atom is -0.396 e. The maximum atomic E-state index is 13.5. The average molecular weight is 282 g/mol. The maximum Gasteiger partial charge on any atom is 0.319 e. The molecule has 0 saturated heterocycles. The molecule has 4 nitrogen and oxygen atoms in total. The van der Waals surface area contributed by atoms with Crippen molar-refractivity contribution >= 4 is 11.7 Å². The molecule has 0 unspecified atom stereocenters. The summed E-state index contributed by atoms with van der Waals surface area (Å²) < 4.78 is 13.5. The third-order valence-corrected chi connectivity index (χ3v) is 3.12. The van der Waals surface area contributed by atoms with E-state index in [9.17, 15) is 9.18 Å². The number of benzene rings is 1. The summed E-state index contributed by atoms with van der Waals surface area (Å²) in [6.07, 6.45) is 1.57. The number of anilines is 1. The standard InChI is InChI=1S/C15H23FN2O2/c1-11-5-6-13(12(16)9-11)18-14(20)17-8-4-7-15(2,3)10-19/h5-6,9,19H,4,7-8,10H2,1-3H3,(H2,17,18,20). The number of carbonyl (C=O) groups is 1. The van der Waals surface area contributed by atoms with Gasteiger partial charge < -0.3 is 15.7 Å². The van der Waals surface area contributed by atoms with Gasteiger partial charge in [-0.2, -0.15) is 0 Å². The van der Waals surface area contributed by atoms with Crippen LogP contribution in [-0.4, -0.2) is 24.3 Å². The normalized spacial score (nSPS) is 11.2. The van der Waals surface area contributed by atoms with Crippen molar-refractivity contribution in [3.63, 3.8) is 0 Å². The number of hydrogen-bond acceptors (Lipinski definition) is 2. The Morgan fingerprint density at radius 1 is 1.40 bits per heavy atom. The lowest BCUT2D eigenvalue weighted by Crippen LogP contribution is -2.30. The summed E-state index contributed by atoms with van der Waals surface area (Å²) in [6.45, 7) is 6.33. The van der Waals surface area contributed by atoms with Crippen LogP contribution in [0.1, 0.15) is 32.3 Å². The smallest absolute Gasteiger partial charge is 0.319 e. The molecular weight excluding hydrogens is 259 g/mol. The average Bonchev–Trinajstić information content (AvgIpc) is 2.38. The van der Waals surface area contributed by atoms with Crippen molar-refractivity contribution in [1.82, 2.24) is 5.32 Å². The van der Waals surface area contributed by atoms with E-state index in [4.69, 9.17) is 5.11 Å². The molecule has 1 rings (SSSR count). The number of urea groups is 1. The number of carbonyl (C=O) groups excluding carboxylic acids is 1. The number of halogens is 1. The largest absolute Gasteiger partial charge is 0.396 e. The summed E-state index contributed by atoms with van der Waals surface area (Å²) in [5, 5.41) is 14.3. The predicted octanol–water partition coefficient (Wildman–Crippen LogP) is 3.05. The molecule has 0 aliphatic carbocycles. The molecule has 0 spiro atoms. The fourth-order valence-corrected chi connectivity index (χ4v) is 1.74. The zero-order valence-electron chi connectivity index (χ0n) is 12.3. The molecule has 0 bridgehead atoms. The lowest BCUT2D eigenvalue weighted by molar-refractivity contribution is 0.148. The van der Waals surface area contributed by atoms with E-state index in [1.807, 2.05) is 13.8 Å². The molecule has 0 aliphatic heterocycles. The maximum absolute atomic E-state index is 13.5. The molecule has 1 aromatic rings. The number of rotatable bonds is 6. The zero-order valence-corrected chi connectivity index (χ0v) is 12.3. The minimum atomic E-state index is -0.443. The first-order valence-corrected chi connectivity index (χ1v) is 6.76. The van der Waals surface area contributed by atoms with E-state index in [0.29, 0.717) is 6.54 Å². The summed E-state index contributed by atoms with van der Waals surface area (Å²) in [4.78, 5) is 11.6. The third-order valence-electron chi connectivity index (χ3n) is 3.12. The molecule has 3 N–H and O–H groups in total. The van der Waals surface area contributed by atoms with Gasteiger partial charge in [-0.25, -0.2) is 9.18 Å². The number of amides is 2. The van der Waals surface area contributed by atoms with Crippen LogP contribution in [0, 0.1) is 18.2 Å². The van der Waals surface area contributed by atoms with Crippen molar-refractivity contribution in [1.29, 1.82) is 0 Å². The SMILES string of the molecule is Cc1ccc(NC(=O)NCCCC(C)(C)CO)c(F)c1. The molecule has 0 fully saturated rings. The predicted molar refractivity (Wildman–Crippen MR) is 78.3 cm³/mol. The molecular formula is C15H23FN2O2. The van der Waals surface area contributed by atoms with Crippen molar-refractivity contribution in [3.05, 3.63) is 29.6 Å². The first kappa shape index (κ1) is 16.4. The number of nitrogens with one attached hydrogen (secondary N) is 2. The molecule has 20 heavy (non-hydrogen) atoms. The van der Waals surface area contributed by atoms with E-state index in [1.165, 1.54) is 6.07 Å². The summed E-state index contributed by atoms with van der Waals surface area (Å²) >= 11 is 0. The molecule has 0 atom stereocenters. The first-order valence-electron chi connectivity index (χ1n) is 6.76. The van der Waals surface area contributed by atoms with Gasteiger partial charge in [0.25, 0.3) is 0 Å². The van der Waals surface area contributed by atoms with Crippen molar-refractivity contribution in [2.75, 3.05) is 18.5 Å². The molecule has 0 radical (unpaired) electrons. The molecule has 0 saturated carbocycles. The Hall–Kier alpha value is -1.62. The molecule has 5 heteroatoms. The van der Waals surface area contributed by atoms with Gasteiger partial charge in [0.2, 0.25) is 0 Å². The summed E-state index contributed by atoms with van der Waals surface area (Å²) in [5.74, 6) is -0.443. The number of hydrogen-bond donors (Lipinski definition) is 3. The molecule has 1 aromatic carbocycles. The Balaban J connectivity index is 2.34. The number of aryl methyl sites for hydroxylation is 1. The van der Waals surface area contributed by atoms with E-state index in [0.717, 1.165) is 18.4 Å². The molecule has 0 heterocycles. The van der Waals surface area contributed by atoms with Crippen LogP contribution in [0.15, 0.2) is 18.2 Å². The fraction of sp³-hybridized carbons (Fsp3) is 0.533. The van der Waals surface area contributed by atoms with E-state index < -0.39 is 11.8 Å². The Kier molecular flexibility index (Phi) is 5.95. The lowest BCUT2D eigenvalue weighted by atomic mass is 9.89. The molecule has 0 aromatic heterocycles. The van der Waals surface area contributed by atoms with E-state index in [-0.39, 0.29) is 17.7 Å². The third kappa shape index (κ3) is 5.57. The molecule has 0 aliphatic rings. The highest BCUT2D eigenvalue weighted by Crippen LogP contribution is 2.20. The quantitative estimate of drug-likeness (QED) is 0.702. The second-order valence-corrected chi connectivity index (χ2v) is 5.79. The summed E-state index contributed by atoms with van der Waals surface area (Å²) in [6, 6.07) is 4.23. The molecule has 112 valence electrons. The van der Waals surface area contributed by atoms with Crippen molar-refractivity contribution < 1.29 is 14.3 Å². The van der Waals surface area contributed by atoms with Gasteiger partial charge in [-0.15, -0.1) is 0 Å². The van der Waals surface area contributed by atoms with Crippen LogP contribution in [0.4, 0.5) is 14.9 Å². The highest BCUT2D eigenvalue weighted by Gasteiger charge is 2.15. The van der Waals surface area contributed by atoms with Gasteiger partial charge in [0.1, 0.15) is 5.82 Å². The van der Waals surface area contributed by atoms with Crippen LogP contribution >= 0.6 is 0 Å². The van der Waals surface area contributed by atoms with Crippen LogP contribution < -0.4 is 10.6 Å². The Morgan fingerprint density at radius 3 is 2.70 bits per heavy atom. The second-order valence-electron chi connectivity index (χ2n) is 5.79. The molecule has 2 amide bonds. The highest BCUT2D eigenvalue weighted by molar-refractivity contribution is 5.89.